The fraction of sp³-hybridized carbons (Fsp3) is 0.368. The average Bonchev–Trinajstić information content (AvgIpc) is 3.18. The summed E-state index contributed by atoms with van der Waals surface area (Å²) in [7, 11) is 0. The van der Waals surface area contributed by atoms with Gasteiger partial charge in [-0.1, -0.05) is 13.0 Å². The van der Waals surface area contributed by atoms with Crippen LogP contribution in [0.3, 0.4) is 0 Å². The second-order valence-electron chi connectivity index (χ2n) is 6.29. The van der Waals surface area contributed by atoms with Gasteiger partial charge in [0, 0.05) is 16.9 Å². The molecule has 0 radical (unpaired) electrons. The molecule has 0 fully saturated rings. The third-order valence-electron chi connectivity index (χ3n) is 4.39. The third kappa shape index (κ3) is 4.91. The number of nitrogens with one attached hydrogen (secondary N) is 3. The van der Waals surface area contributed by atoms with Crippen molar-refractivity contribution in [2.75, 3.05) is 6.61 Å². The van der Waals surface area contributed by atoms with E-state index in [1.165, 1.54) is 0 Å². The van der Waals surface area contributed by atoms with Crippen molar-refractivity contribution in [3.63, 3.8) is 0 Å². The monoisotopic (exact) mass is 389 g/mol. The van der Waals surface area contributed by atoms with Crippen molar-refractivity contribution >= 4 is 23.3 Å². The number of amides is 3. The van der Waals surface area contributed by atoms with Crippen molar-refractivity contribution in [2.45, 2.75) is 38.4 Å². The number of phenolic OH excluding ortho intramolecular Hbond substituents is 1. The molecule has 2 aromatic rings. The van der Waals surface area contributed by atoms with Crippen LogP contribution >= 0.6 is 11.3 Å². The van der Waals surface area contributed by atoms with Gasteiger partial charge in [0.1, 0.15) is 17.5 Å². The molecule has 1 aliphatic heterocycles. The van der Waals surface area contributed by atoms with E-state index in [1.807, 2.05) is 24.4 Å². The van der Waals surface area contributed by atoms with Crippen LogP contribution in [0.2, 0.25) is 0 Å². The van der Waals surface area contributed by atoms with Crippen LogP contribution in [0.25, 0.3) is 0 Å². The Kier molecular flexibility index (Phi) is 6.18. The summed E-state index contributed by atoms with van der Waals surface area (Å²) in [6.07, 6.45) is 1.07. The first-order valence-electron chi connectivity index (χ1n) is 8.89. The number of aromatic hydroxyl groups is 1. The predicted molar refractivity (Wildman–Crippen MR) is 103 cm³/mol. The minimum atomic E-state index is -0.617. The van der Waals surface area contributed by atoms with Crippen LogP contribution in [0, 0.1) is 0 Å². The summed E-state index contributed by atoms with van der Waals surface area (Å²) in [5, 5.41) is 20.1. The molecule has 7 nitrogen and oxygen atoms in total. The molecule has 144 valence electrons. The van der Waals surface area contributed by atoms with Crippen LogP contribution in [-0.2, 0) is 11.3 Å². The standard InChI is InChI=1S/C19H23N3O4S/c1-2-15(18(24)20-11-13-4-3-9-27-13)21-19(25)22-16-7-8-26-17-6-5-12(23)10-14(16)17/h3-6,9-10,15-16,23H,2,7-8,11H2,1H3,(H,20,24)(H2,21,22,25)/t15?,16-/m0/s1. The lowest BCUT2D eigenvalue weighted by Gasteiger charge is -2.27. The van der Waals surface area contributed by atoms with Crippen molar-refractivity contribution in [1.29, 1.82) is 0 Å². The maximum Gasteiger partial charge on any atom is 0.315 e. The molecule has 3 rings (SSSR count). The van der Waals surface area contributed by atoms with Gasteiger partial charge < -0.3 is 25.8 Å². The summed E-state index contributed by atoms with van der Waals surface area (Å²) in [6.45, 7) is 2.77. The largest absolute Gasteiger partial charge is 0.508 e. The molecule has 1 unspecified atom stereocenters. The summed E-state index contributed by atoms with van der Waals surface area (Å²) in [6, 6.07) is 7.37. The van der Waals surface area contributed by atoms with E-state index in [-0.39, 0.29) is 17.7 Å². The number of hydrogen-bond acceptors (Lipinski definition) is 5. The number of rotatable bonds is 6. The topological polar surface area (TPSA) is 99.7 Å². The minimum absolute atomic E-state index is 0.117. The van der Waals surface area contributed by atoms with E-state index in [4.69, 9.17) is 4.74 Å². The highest BCUT2D eigenvalue weighted by Gasteiger charge is 2.25. The van der Waals surface area contributed by atoms with Gasteiger partial charge in [-0.25, -0.2) is 4.79 Å². The molecule has 0 bridgehead atoms. The second kappa shape index (κ2) is 8.77. The molecule has 0 aliphatic carbocycles. The van der Waals surface area contributed by atoms with Crippen molar-refractivity contribution in [3.8, 4) is 11.5 Å². The predicted octanol–water partition coefficient (Wildman–Crippen LogP) is 2.67. The number of urea groups is 1. The average molecular weight is 389 g/mol. The van der Waals surface area contributed by atoms with Crippen molar-refractivity contribution < 1.29 is 19.4 Å². The zero-order valence-corrected chi connectivity index (χ0v) is 15.8. The zero-order chi connectivity index (χ0) is 19.2. The molecular weight excluding hydrogens is 366 g/mol. The quantitative estimate of drug-likeness (QED) is 0.610. The van der Waals surface area contributed by atoms with Crippen LogP contribution in [0.15, 0.2) is 35.7 Å². The number of fused-ring (bicyclic) bond motifs is 1. The Balaban J connectivity index is 1.56. The zero-order valence-electron chi connectivity index (χ0n) is 15.0. The number of thiophene rings is 1. The van der Waals surface area contributed by atoms with E-state index in [0.717, 1.165) is 10.4 Å². The highest BCUT2D eigenvalue weighted by Crippen LogP contribution is 2.34. The number of ether oxygens (including phenoxy) is 1. The van der Waals surface area contributed by atoms with E-state index < -0.39 is 12.1 Å². The highest BCUT2D eigenvalue weighted by atomic mass is 32.1. The maximum atomic E-state index is 12.4. The lowest BCUT2D eigenvalue weighted by Crippen LogP contribution is -2.50. The third-order valence-corrected chi connectivity index (χ3v) is 5.26. The number of hydrogen-bond donors (Lipinski definition) is 4. The van der Waals surface area contributed by atoms with Crippen LogP contribution in [0.5, 0.6) is 11.5 Å². The van der Waals surface area contributed by atoms with Crippen molar-refractivity contribution in [2.24, 2.45) is 0 Å². The molecule has 1 aliphatic rings. The van der Waals surface area contributed by atoms with Crippen LogP contribution in [0.1, 0.15) is 36.2 Å². The van der Waals surface area contributed by atoms with Gasteiger partial charge in [-0.05, 0) is 36.1 Å². The molecule has 4 N–H and O–H groups in total. The first kappa shape index (κ1) is 19.0. The van der Waals surface area contributed by atoms with E-state index >= 15 is 0 Å². The van der Waals surface area contributed by atoms with Crippen molar-refractivity contribution in [1.82, 2.24) is 16.0 Å². The number of phenols is 1. The van der Waals surface area contributed by atoms with Crippen LogP contribution in [-0.4, -0.2) is 29.7 Å². The van der Waals surface area contributed by atoms with E-state index in [1.54, 1.807) is 29.5 Å². The summed E-state index contributed by atoms with van der Waals surface area (Å²) in [5.74, 6) is 0.544. The van der Waals surface area contributed by atoms with Gasteiger partial charge in [-0.2, -0.15) is 0 Å². The maximum absolute atomic E-state index is 12.4. The lowest BCUT2D eigenvalue weighted by molar-refractivity contribution is -0.123. The molecule has 2 heterocycles. The Labute approximate surface area is 161 Å². The number of benzene rings is 1. The molecule has 27 heavy (non-hydrogen) atoms. The van der Waals surface area contributed by atoms with Gasteiger partial charge in [0.05, 0.1) is 19.2 Å². The van der Waals surface area contributed by atoms with E-state index in [9.17, 15) is 14.7 Å². The Morgan fingerprint density at radius 2 is 2.22 bits per heavy atom. The number of carbonyl (C=O) groups excluding carboxylic acids is 2. The molecule has 1 aromatic carbocycles. The van der Waals surface area contributed by atoms with Gasteiger partial charge in [-0.15, -0.1) is 11.3 Å². The fourth-order valence-electron chi connectivity index (χ4n) is 2.95. The van der Waals surface area contributed by atoms with Gasteiger partial charge in [0.25, 0.3) is 0 Å². The molecule has 0 saturated heterocycles. The van der Waals surface area contributed by atoms with Gasteiger partial charge in [0.15, 0.2) is 0 Å². The smallest absolute Gasteiger partial charge is 0.315 e. The van der Waals surface area contributed by atoms with E-state index in [0.29, 0.717) is 31.7 Å². The van der Waals surface area contributed by atoms with Gasteiger partial charge in [0.2, 0.25) is 5.91 Å². The second-order valence-corrected chi connectivity index (χ2v) is 7.32. The van der Waals surface area contributed by atoms with Crippen LogP contribution in [0.4, 0.5) is 4.79 Å². The normalized spacial score (nSPS) is 16.6. The number of carbonyl (C=O) groups is 2. The fourth-order valence-corrected chi connectivity index (χ4v) is 3.60. The first-order chi connectivity index (χ1) is 13.1. The molecule has 3 amide bonds. The molecule has 2 atom stereocenters. The Morgan fingerprint density at radius 1 is 1.37 bits per heavy atom. The van der Waals surface area contributed by atoms with Crippen molar-refractivity contribution in [3.05, 3.63) is 46.2 Å². The van der Waals surface area contributed by atoms with E-state index in [2.05, 4.69) is 16.0 Å². The Morgan fingerprint density at radius 3 is 2.96 bits per heavy atom. The Bertz CT molecular complexity index is 794. The summed E-state index contributed by atoms with van der Waals surface area (Å²) >= 11 is 1.57. The summed E-state index contributed by atoms with van der Waals surface area (Å²) < 4.78 is 5.55. The summed E-state index contributed by atoms with van der Waals surface area (Å²) in [4.78, 5) is 25.8. The molecule has 0 saturated carbocycles. The first-order valence-corrected chi connectivity index (χ1v) is 9.77. The van der Waals surface area contributed by atoms with Gasteiger partial charge in [-0.3, -0.25) is 4.79 Å². The molecule has 0 spiro atoms. The van der Waals surface area contributed by atoms with Gasteiger partial charge >= 0.3 is 6.03 Å². The lowest BCUT2D eigenvalue weighted by atomic mass is 10.0. The highest BCUT2D eigenvalue weighted by molar-refractivity contribution is 7.09. The molecular formula is C19H23N3O4S. The minimum Gasteiger partial charge on any atom is -0.508 e. The summed E-state index contributed by atoms with van der Waals surface area (Å²) in [5.41, 5.74) is 0.728. The SMILES string of the molecule is CCC(NC(=O)N[C@H]1CCOc2ccc(O)cc21)C(=O)NCc1cccs1. The molecule has 8 heteroatoms. The molecule has 1 aromatic heterocycles. The Hall–Kier alpha value is -2.74. The van der Waals surface area contributed by atoms with Crippen LogP contribution < -0.4 is 20.7 Å².